The number of likely N-dealkylation sites (tertiary alicyclic amines) is 1. The van der Waals surface area contributed by atoms with Gasteiger partial charge in [0.1, 0.15) is 17.1 Å². The van der Waals surface area contributed by atoms with Gasteiger partial charge in [0, 0.05) is 18.2 Å². The van der Waals surface area contributed by atoms with Crippen LogP contribution in [0.25, 0.3) is 33.7 Å². The molecule has 2 atom stereocenters. The smallest absolute Gasteiger partial charge is 0.237 e. The van der Waals surface area contributed by atoms with Gasteiger partial charge >= 0.3 is 0 Å². The fourth-order valence-electron chi connectivity index (χ4n) is 6.51. The Kier molecular flexibility index (Phi) is 6.21. The third-order valence-electron chi connectivity index (χ3n) is 8.85. The van der Waals surface area contributed by atoms with E-state index in [4.69, 9.17) is 9.40 Å². The van der Waals surface area contributed by atoms with Crippen molar-refractivity contribution in [2.24, 2.45) is 5.92 Å². The molecule has 0 bridgehead atoms. The number of oxazole rings is 1. The molecule has 2 heterocycles. The van der Waals surface area contributed by atoms with E-state index in [1.165, 1.54) is 0 Å². The van der Waals surface area contributed by atoms with Gasteiger partial charge in [-0.15, -0.1) is 0 Å². The largest absolute Gasteiger partial charge is 0.435 e. The Balaban J connectivity index is 1.19. The van der Waals surface area contributed by atoms with Crippen LogP contribution in [-0.4, -0.2) is 42.5 Å². The zero-order chi connectivity index (χ0) is 28.3. The average molecular weight is 567 g/mol. The SMILES string of the molecule is Cc1c(-c2ccccc2)cccc1-c1nc2cc3c(c(C#N)c2o1)CC[C@H]3N1CC[C@@H](C(=O)NS(=O)(=O)C2CC2)C1. The number of benzene rings is 3. The number of hydrogen-bond donors (Lipinski definition) is 1. The van der Waals surface area contributed by atoms with Crippen LogP contribution in [0.1, 0.15) is 54.0 Å². The summed E-state index contributed by atoms with van der Waals surface area (Å²) in [6.07, 6.45) is 3.42. The molecule has 2 aliphatic carbocycles. The van der Waals surface area contributed by atoms with Gasteiger partial charge in [-0.05, 0) is 85.5 Å². The van der Waals surface area contributed by atoms with Crippen molar-refractivity contribution in [3.63, 3.8) is 0 Å². The molecule has 1 amide bonds. The summed E-state index contributed by atoms with van der Waals surface area (Å²) in [4.78, 5) is 19.9. The van der Waals surface area contributed by atoms with Crippen molar-refractivity contribution in [3.8, 4) is 28.7 Å². The maximum atomic E-state index is 12.8. The van der Waals surface area contributed by atoms with Gasteiger partial charge in [0.25, 0.3) is 0 Å². The highest BCUT2D eigenvalue weighted by atomic mass is 32.2. The minimum Gasteiger partial charge on any atom is -0.435 e. The number of amides is 1. The number of carbonyl (C=O) groups excluding carboxylic acids is 1. The van der Waals surface area contributed by atoms with Crippen molar-refractivity contribution < 1.29 is 17.6 Å². The van der Waals surface area contributed by atoms with Crippen LogP contribution in [0.2, 0.25) is 0 Å². The lowest BCUT2D eigenvalue weighted by Crippen LogP contribution is -2.38. The van der Waals surface area contributed by atoms with Gasteiger partial charge in [0.05, 0.1) is 11.2 Å². The average Bonchev–Trinajstić information content (AvgIpc) is 3.38. The summed E-state index contributed by atoms with van der Waals surface area (Å²) in [5.41, 5.74) is 7.88. The second kappa shape index (κ2) is 9.82. The van der Waals surface area contributed by atoms with Gasteiger partial charge in [0.2, 0.25) is 21.8 Å². The van der Waals surface area contributed by atoms with Gasteiger partial charge in [0.15, 0.2) is 5.58 Å². The summed E-state index contributed by atoms with van der Waals surface area (Å²) in [6.45, 7) is 3.25. The highest BCUT2D eigenvalue weighted by Crippen LogP contribution is 2.43. The van der Waals surface area contributed by atoms with Crippen LogP contribution in [0, 0.1) is 24.2 Å². The van der Waals surface area contributed by atoms with Crippen molar-refractivity contribution >= 4 is 27.0 Å². The standard InChI is InChI=1S/C32H30N4O4S/c1-19-23(20-6-3-2-4-7-20)8-5-9-24(19)32-34-28-16-26-25(27(17-33)30(28)40-32)12-13-29(26)36-15-14-21(18-36)31(37)35-41(38,39)22-10-11-22/h2-9,16,21-22,29H,10-15,18H2,1H3,(H,35,37)/t21-,29-/m1/s1. The lowest BCUT2D eigenvalue weighted by atomic mass is 9.96. The molecule has 208 valence electrons. The molecule has 2 fully saturated rings. The fourth-order valence-corrected chi connectivity index (χ4v) is 7.88. The van der Waals surface area contributed by atoms with E-state index in [2.05, 4.69) is 40.8 Å². The van der Waals surface area contributed by atoms with Crippen LogP contribution in [-0.2, 0) is 21.2 Å². The van der Waals surface area contributed by atoms with Crippen LogP contribution >= 0.6 is 0 Å². The molecule has 8 nitrogen and oxygen atoms in total. The normalized spacial score (nSPS) is 20.7. The molecule has 1 N–H and O–H groups in total. The Hall–Kier alpha value is -4.00. The van der Waals surface area contributed by atoms with Gasteiger partial charge in [-0.2, -0.15) is 5.26 Å². The molecule has 0 spiro atoms. The number of nitrogens with one attached hydrogen (secondary N) is 1. The Morgan fingerprint density at radius 3 is 2.61 bits per heavy atom. The molecular formula is C32H30N4O4S. The fraction of sp³-hybridized carbons (Fsp3) is 0.344. The predicted octanol–water partition coefficient (Wildman–Crippen LogP) is 5.26. The Morgan fingerprint density at radius 2 is 1.85 bits per heavy atom. The minimum atomic E-state index is -3.56. The van der Waals surface area contributed by atoms with Gasteiger partial charge in [-0.3, -0.25) is 14.4 Å². The van der Waals surface area contributed by atoms with E-state index >= 15 is 0 Å². The molecule has 9 heteroatoms. The number of nitriles is 1. The maximum absolute atomic E-state index is 12.8. The number of sulfonamides is 1. The second-order valence-corrected chi connectivity index (χ2v) is 13.3. The van der Waals surface area contributed by atoms with E-state index in [0.29, 0.717) is 54.9 Å². The number of hydrogen-bond acceptors (Lipinski definition) is 7. The van der Waals surface area contributed by atoms with Crippen LogP contribution in [0.4, 0.5) is 0 Å². The third-order valence-corrected chi connectivity index (χ3v) is 10.7. The molecule has 4 aromatic rings. The van der Waals surface area contributed by atoms with Crippen molar-refractivity contribution in [1.29, 1.82) is 5.26 Å². The summed E-state index contributed by atoms with van der Waals surface area (Å²) in [5.74, 6) is -0.285. The number of rotatable bonds is 6. The molecule has 3 aromatic carbocycles. The Morgan fingerprint density at radius 1 is 1.07 bits per heavy atom. The van der Waals surface area contributed by atoms with Crippen LogP contribution in [0.5, 0.6) is 0 Å². The Bertz CT molecular complexity index is 1840. The third kappa shape index (κ3) is 4.52. The van der Waals surface area contributed by atoms with E-state index in [1.54, 1.807) is 0 Å². The number of nitrogens with zero attached hydrogens (tertiary/aromatic N) is 3. The predicted molar refractivity (Wildman–Crippen MR) is 155 cm³/mol. The van der Waals surface area contributed by atoms with Gasteiger partial charge in [-0.25, -0.2) is 13.4 Å². The van der Waals surface area contributed by atoms with E-state index in [0.717, 1.165) is 46.2 Å². The molecule has 3 aliphatic rings. The first-order chi connectivity index (χ1) is 19.8. The maximum Gasteiger partial charge on any atom is 0.237 e. The summed E-state index contributed by atoms with van der Waals surface area (Å²) in [6, 6.07) is 20.7. The summed E-state index contributed by atoms with van der Waals surface area (Å²) < 4.78 is 33.2. The quantitative estimate of drug-likeness (QED) is 0.338. The molecule has 1 aromatic heterocycles. The highest BCUT2D eigenvalue weighted by molar-refractivity contribution is 7.90. The molecule has 0 radical (unpaired) electrons. The van der Waals surface area contributed by atoms with E-state index < -0.39 is 21.2 Å². The highest BCUT2D eigenvalue weighted by Gasteiger charge is 2.41. The number of fused-ring (bicyclic) bond motifs is 2. The van der Waals surface area contributed by atoms with Crippen molar-refractivity contribution in [3.05, 3.63) is 76.9 Å². The first-order valence-corrected chi connectivity index (χ1v) is 15.7. The Labute approximate surface area is 239 Å². The summed E-state index contributed by atoms with van der Waals surface area (Å²) in [5, 5.41) is 9.77. The summed E-state index contributed by atoms with van der Waals surface area (Å²) >= 11 is 0. The number of aromatic nitrogens is 1. The van der Waals surface area contributed by atoms with Crippen LogP contribution in [0.15, 0.2) is 59.0 Å². The topological polar surface area (TPSA) is 116 Å². The first-order valence-electron chi connectivity index (χ1n) is 14.2. The zero-order valence-electron chi connectivity index (χ0n) is 22.8. The lowest BCUT2D eigenvalue weighted by molar-refractivity contribution is -0.122. The van der Waals surface area contributed by atoms with Crippen LogP contribution in [0.3, 0.4) is 0 Å². The van der Waals surface area contributed by atoms with Gasteiger partial charge in [-0.1, -0.05) is 42.5 Å². The molecular weight excluding hydrogens is 536 g/mol. The van der Waals surface area contributed by atoms with Gasteiger partial charge < -0.3 is 4.42 Å². The van der Waals surface area contributed by atoms with E-state index in [1.807, 2.05) is 36.4 Å². The first kappa shape index (κ1) is 25.9. The van der Waals surface area contributed by atoms with E-state index in [9.17, 15) is 18.5 Å². The molecule has 41 heavy (non-hydrogen) atoms. The zero-order valence-corrected chi connectivity index (χ0v) is 23.6. The molecule has 1 saturated heterocycles. The second-order valence-electron chi connectivity index (χ2n) is 11.4. The van der Waals surface area contributed by atoms with E-state index in [-0.39, 0.29) is 12.0 Å². The van der Waals surface area contributed by atoms with Crippen molar-refractivity contribution in [2.45, 2.75) is 50.3 Å². The molecule has 1 aliphatic heterocycles. The molecule has 7 rings (SSSR count). The number of carbonyl (C=O) groups is 1. The van der Waals surface area contributed by atoms with Crippen molar-refractivity contribution in [2.75, 3.05) is 13.1 Å². The van der Waals surface area contributed by atoms with Crippen LogP contribution < -0.4 is 4.72 Å². The lowest BCUT2D eigenvalue weighted by Gasteiger charge is -2.24. The minimum absolute atomic E-state index is 0.0441. The monoisotopic (exact) mass is 566 g/mol. The summed E-state index contributed by atoms with van der Waals surface area (Å²) in [7, 11) is -3.56. The molecule has 1 saturated carbocycles. The van der Waals surface area contributed by atoms with Crippen molar-refractivity contribution in [1.82, 2.24) is 14.6 Å². The molecule has 0 unspecified atom stereocenters.